The number of hydrazine groups is 1. The topological polar surface area (TPSA) is 67.9 Å². The highest BCUT2D eigenvalue weighted by molar-refractivity contribution is 14.1. The van der Waals surface area contributed by atoms with Gasteiger partial charge in [-0.2, -0.15) is 0 Å². The summed E-state index contributed by atoms with van der Waals surface area (Å²) < 4.78 is 11.5. The summed E-state index contributed by atoms with van der Waals surface area (Å²) in [5, 5.41) is 1.24. The highest BCUT2D eigenvalue weighted by atomic mass is 127. The van der Waals surface area contributed by atoms with E-state index in [9.17, 15) is 9.59 Å². The smallest absolute Gasteiger partial charge is 0.282 e. The Balaban J connectivity index is 1.92. The summed E-state index contributed by atoms with van der Waals surface area (Å²) in [6, 6.07) is 12.5. The van der Waals surface area contributed by atoms with E-state index >= 15 is 0 Å². The SMILES string of the molecule is COc1ccc(/C=C2/C(=O)NN(c3ccc(I)cc3)C2=O)cc1OC. The molecule has 0 radical (unpaired) electrons. The van der Waals surface area contributed by atoms with Gasteiger partial charge < -0.3 is 9.47 Å². The van der Waals surface area contributed by atoms with Crippen LogP contribution in [-0.4, -0.2) is 26.0 Å². The van der Waals surface area contributed by atoms with Crippen molar-refractivity contribution < 1.29 is 19.1 Å². The quantitative estimate of drug-likeness (QED) is 0.442. The van der Waals surface area contributed by atoms with Gasteiger partial charge in [0.15, 0.2) is 11.5 Å². The Hall–Kier alpha value is -2.55. The average molecular weight is 450 g/mol. The molecular formula is C18H15IN2O4. The molecule has 2 aromatic carbocycles. The number of anilines is 1. The lowest BCUT2D eigenvalue weighted by molar-refractivity contribution is -0.117. The summed E-state index contributed by atoms with van der Waals surface area (Å²) in [6.45, 7) is 0. The van der Waals surface area contributed by atoms with Gasteiger partial charge in [0.2, 0.25) is 0 Å². The third-order valence-electron chi connectivity index (χ3n) is 3.69. The summed E-state index contributed by atoms with van der Waals surface area (Å²) in [5.41, 5.74) is 3.91. The van der Waals surface area contributed by atoms with Crippen molar-refractivity contribution in [1.29, 1.82) is 0 Å². The molecule has 1 saturated heterocycles. The second-order valence-corrected chi connectivity index (χ2v) is 6.48. The van der Waals surface area contributed by atoms with Crippen molar-refractivity contribution >= 4 is 46.2 Å². The van der Waals surface area contributed by atoms with Crippen LogP contribution in [0.25, 0.3) is 6.08 Å². The second-order valence-electron chi connectivity index (χ2n) is 5.23. The molecule has 0 aliphatic carbocycles. The maximum atomic E-state index is 12.6. The van der Waals surface area contributed by atoms with Gasteiger partial charge >= 0.3 is 0 Å². The van der Waals surface area contributed by atoms with Crippen LogP contribution in [0.2, 0.25) is 0 Å². The first-order valence-corrected chi connectivity index (χ1v) is 8.46. The molecule has 1 N–H and O–H groups in total. The number of hydrogen-bond donors (Lipinski definition) is 1. The third-order valence-corrected chi connectivity index (χ3v) is 4.41. The van der Waals surface area contributed by atoms with Gasteiger partial charge in [0.1, 0.15) is 5.57 Å². The summed E-state index contributed by atoms with van der Waals surface area (Å²) in [6.07, 6.45) is 1.53. The lowest BCUT2D eigenvalue weighted by Gasteiger charge is -2.14. The van der Waals surface area contributed by atoms with Crippen molar-refractivity contribution in [3.8, 4) is 11.5 Å². The van der Waals surface area contributed by atoms with Gasteiger partial charge in [0.05, 0.1) is 19.9 Å². The second kappa shape index (κ2) is 7.14. The fourth-order valence-corrected chi connectivity index (χ4v) is 2.80. The zero-order valence-electron chi connectivity index (χ0n) is 13.6. The van der Waals surface area contributed by atoms with Gasteiger partial charge in [0, 0.05) is 3.57 Å². The Kier molecular flexibility index (Phi) is 4.93. The lowest BCUT2D eigenvalue weighted by Crippen LogP contribution is -2.35. The summed E-state index contributed by atoms with van der Waals surface area (Å²) in [4.78, 5) is 24.8. The first-order chi connectivity index (χ1) is 12.0. The number of hydrogen-bond acceptors (Lipinski definition) is 4. The van der Waals surface area contributed by atoms with E-state index in [1.54, 1.807) is 37.4 Å². The summed E-state index contributed by atoms with van der Waals surface area (Å²) in [5.74, 6) is 0.254. The summed E-state index contributed by atoms with van der Waals surface area (Å²) >= 11 is 2.18. The van der Waals surface area contributed by atoms with Gasteiger partial charge in [-0.05, 0) is 70.6 Å². The van der Waals surface area contributed by atoms with E-state index in [4.69, 9.17) is 9.47 Å². The van der Waals surface area contributed by atoms with Crippen LogP contribution in [-0.2, 0) is 9.59 Å². The van der Waals surface area contributed by atoms with E-state index in [2.05, 4.69) is 28.0 Å². The van der Waals surface area contributed by atoms with Crippen LogP contribution in [0, 0.1) is 3.57 Å². The zero-order chi connectivity index (χ0) is 18.0. The van der Waals surface area contributed by atoms with Gasteiger partial charge in [-0.1, -0.05) is 6.07 Å². The Morgan fingerprint density at radius 3 is 2.32 bits per heavy atom. The number of nitrogens with zero attached hydrogens (tertiary/aromatic N) is 1. The molecule has 2 aromatic rings. The molecule has 25 heavy (non-hydrogen) atoms. The molecule has 0 atom stereocenters. The van der Waals surface area contributed by atoms with Crippen molar-refractivity contribution in [2.24, 2.45) is 0 Å². The van der Waals surface area contributed by atoms with Gasteiger partial charge in [-0.15, -0.1) is 0 Å². The van der Waals surface area contributed by atoms with Crippen LogP contribution in [0.15, 0.2) is 48.0 Å². The van der Waals surface area contributed by atoms with E-state index in [0.29, 0.717) is 22.7 Å². The van der Waals surface area contributed by atoms with Crippen molar-refractivity contribution in [2.75, 3.05) is 19.2 Å². The molecule has 2 amide bonds. The predicted molar refractivity (Wildman–Crippen MR) is 102 cm³/mol. The van der Waals surface area contributed by atoms with E-state index in [1.165, 1.54) is 18.2 Å². The van der Waals surface area contributed by atoms with Crippen molar-refractivity contribution in [3.63, 3.8) is 0 Å². The Morgan fingerprint density at radius 2 is 1.68 bits per heavy atom. The number of rotatable bonds is 4. The number of amides is 2. The largest absolute Gasteiger partial charge is 0.493 e. The molecule has 1 fully saturated rings. The molecular weight excluding hydrogens is 435 g/mol. The zero-order valence-corrected chi connectivity index (χ0v) is 15.7. The number of methoxy groups -OCH3 is 2. The molecule has 0 bridgehead atoms. The fraction of sp³-hybridized carbons (Fsp3) is 0.111. The van der Waals surface area contributed by atoms with Crippen LogP contribution >= 0.6 is 22.6 Å². The Bertz CT molecular complexity index is 862. The lowest BCUT2D eigenvalue weighted by atomic mass is 10.1. The molecule has 0 saturated carbocycles. The third kappa shape index (κ3) is 3.46. The molecule has 128 valence electrons. The first-order valence-electron chi connectivity index (χ1n) is 7.38. The molecule has 1 aliphatic heterocycles. The summed E-state index contributed by atoms with van der Waals surface area (Å²) in [7, 11) is 3.07. The highest BCUT2D eigenvalue weighted by Crippen LogP contribution is 2.29. The molecule has 0 spiro atoms. The molecule has 3 rings (SSSR count). The Morgan fingerprint density at radius 1 is 1.00 bits per heavy atom. The first kappa shape index (κ1) is 17.3. The number of carbonyl (C=O) groups excluding carboxylic acids is 2. The Labute approximate surface area is 158 Å². The van der Waals surface area contributed by atoms with Crippen molar-refractivity contribution in [3.05, 3.63) is 57.2 Å². The van der Waals surface area contributed by atoms with Crippen LogP contribution < -0.4 is 19.9 Å². The maximum absolute atomic E-state index is 12.6. The molecule has 1 heterocycles. The normalized spacial score (nSPS) is 15.5. The van der Waals surface area contributed by atoms with E-state index in [1.807, 2.05) is 12.1 Å². The highest BCUT2D eigenvalue weighted by Gasteiger charge is 2.34. The van der Waals surface area contributed by atoms with Crippen LogP contribution in [0.5, 0.6) is 11.5 Å². The van der Waals surface area contributed by atoms with Crippen LogP contribution in [0.3, 0.4) is 0 Å². The predicted octanol–water partition coefficient (Wildman–Crippen LogP) is 2.77. The standard InChI is InChI=1S/C18H15IN2O4/c1-24-15-8-3-11(10-16(15)25-2)9-14-17(22)20-21(18(14)23)13-6-4-12(19)5-7-13/h3-10H,1-2H3,(H,20,22)/b14-9-. The minimum Gasteiger partial charge on any atom is -0.493 e. The average Bonchev–Trinajstić information content (AvgIpc) is 2.90. The monoisotopic (exact) mass is 450 g/mol. The molecule has 0 aromatic heterocycles. The maximum Gasteiger partial charge on any atom is 0.282 e. The van der Waals surface area contributed by atoms with E-state index < -0.39 is 11.8 Å². The minimum absolute atomic E-state index is 0.0609. The fourth-order valence-electron chi connectivity index (χ4n) is 2.44. The number of carbonyl (C=O) groups is 2. The molecule has 0 unspecified atom stereocenters. The van der Waals surface area contributed by atoms with Crippen molar-refractivity contribution in [2.45, 2.75) is 0 Å². The number of nitrogens with one attached hydrogen (secondary N) is 1. The van der Waals surface area contributed by atoms with Gasteiger partial charge in [0.25, 0.3) is 11.8 Å². The van der Waals surface area contributed by atoms with E-state index in [0.717, 1.165) is 3.57 Å². The van der Waals surface area contributed by atoms with Crippen LogP contribution in [0.1, 0.15) is 5.56 Å². The van der Waals surface area contributed by atoms with Crippen LogP contribution in [0.4, 0.5) is 5.69 Å². The number of benzene rings is 2. The van der Waals surface area contributed by atoms with E-state index in [-0.39, 0.29) is 5.57 Å². The minimum atomic E-state index is -0.446. The number of halogens is 1. The molecule has 1 aliphatic rings. The molecule has 7 heteroatoms. The molecule has 6 nitrogen and oxygen atoms in total. The van der Waals surface area contributed by atoms with Crippen molar-refractivity contribution in [1.82, 2.24) is 5.43 Å². The number of ether oxygens (including phenoxy) is 2. The van der Waals surface area contributed by atoms with Gasteiger partial charge in [-0.25, -0.2) is 5.01 Å². The van der Waals surface area contributed by atoms with Gasteiger partial charge in [-0.3, -0.25) is 15.0 Å².